The van der Waals surface area contributed by atoms with Crippen molar-refractivity contribution >= 4 is 17.5 Å². The predicted molar refractivity (Wildman–Crippen MR) is 102 cm³/mol. The van der Waals surface area contributed by atoms with Crippen LogP contribution < -0.4 is 10.1 Å². The van der Waals surface area contributed by atoms with Gasteiger partial charge in [0.1, 0.15) is 0 Å². The molecule has 29 heavy (non-hydrogen) atoms. The average molecular weight is 429 g/mol. The second-order valence-electron chi connectivity index (χ2n) is 7.30. The van der Waals surface area contributed by atoms with Gasteiger partial charge < -0.3 is 15.2 Å². The first-order valence-corrected chi connectivity index (χ1v) is 9.39. The fourth-order valence-corrected chi connectivity index (χ4v) is 3.01. The van der Waals surface area contributed by atoms with Gasteiger partial charge in [-0.05, 0) is 49.4 Å². The molecule has 0 radical (unpaired) electrons. The average Bonchev–Trinajstić information content (AvgIpc) is 3.50. The van der Waals surface area contributed by atoms with Gasteiger partial charge in [0.2, 0.25) is 5.88 Å². The Kier molecular flexibility index (Phi) is 6.05. The number of aliphatic hydroxyl groups is 1. The van der Waals surface area contributed by atoms with Crippen molar-refractivity contribution in [2.45, 2.75) is 31.5 Å². The SMILES string of the molecule is CC(O)(CNC(=O)c1cnc(OCC(F)(F)F)c(-c2ccc(Cl)cc2)c1)C1CC1. The van der Waals surface area contributed by atoms with Gasteiger partial charge in [-0.2, -0.15) is 13.2 Å². The first kappa shape index (κ1) is 21.4. The zero-order valence-electron chi connectivity index (χ0n) is 15.6. The summed E-state index contributed by atoms with van der Waals surface area (Å²) >= 11 is 5.87. The van der Waals surface area contributed by atoms with Gasteiger partial charge in [-0.1, -0.05) is 23.7 Å². The predicted octanol–water partition coefficient (Wildman–Crippen LogP) is 4.23. The molecule has 1 atom stereocenters. The summed E-state index contributed by atoms with van der Waals surface area (Å²) in [6.45, 7) is 0.228. The van der Waals surface area contributed by atoms with E-state index < -0.39 is 24.3 Å². The number of ether oxygens (including phenoxy) is 1. The number of amides is 1. The summed E-state index contributed by atoms with van der Waals surface area (Å²) in [6.07, 6.45) is -1.55. The van der Waals surface area contributed by atoms with Crippen molar-refractivity contribution in [1.82, 2.24) is 10.3 Å². The lowest BCUT2D eigenvalue weighted by Gasteiger charge is -2.23. The number of carbonyl (C=O) groups excluding carboxylic acids is 1. The number of hydrogen-bond acceptors (Lipinski definition) is 4. The van der Waals surface area contributed by atoms with Gasteiger partial charge in [-0.3, -0.25) is 4.79 Å². The summed E-state index contributed by atoms with van der Waals surface area (Å²) in [4.78, 5) is 16.4. The van der Waals surface area contributed by atoms with Crippen LogP contribution >= 0.6 is 11.6 Å². The molecule has 1 unspecified atom stereocenters. The number of nitrogens with one attached hydrogen (secondary N) is 1. The maximum Gasteiger partial charge on any atom is 0.422 e. The molecule has 1 aromatic carbocycles. The van der Waals surface area contributed by atoms with E-state index >= 15 is 0 Å². The summed E-state index contributed by atoms with van der Waals surface area (Å²) in [6, 6.07) is 7.75. The van der Waals surface area contributed by atoms with Crippen molar-refractivity contribution in [3.8, 4) is 17.0 Å². The van der Waals surface area contributed by atoms with Crippen LogP contribution in [0.25, 0.3) is 11.1 Å². The molecule has 1 aromatic heterocycles. The molecule has 0 spiro atoms. The molecular formula is C20H20ClF3N2O3. The highest BCUT2D eigenvalue weighted by atomic mass is 35.5. The fourth-order valence-electron chi connectivity index (χ4n) is 2.89. The summed E-state index contributed by atoms with van der Waals surface area (Å²) in [7, 11) is 0. The maximum absolute atomic E-state index is 12.6. The molecule has 1 saturated carbocycles. The van der Waals surface area contributed by atoms with Crippen LogP contribution in [0.5, 0.6) is 5.88 Å². The number of hydrogen-bond donors (Lipinski definition) is 2. The summed E-state index contributed by atoms with van der Waals surface area (Å²) in [5, 5.41) is 13.4. The molecule has 9 heteroatoms. The molecule has 1 heterocycles. The standard InChI is InChI=1S/C20H20ClF3N2O3/c1-19(28,14-4-5-14)10-26-17(27)13-8-16(12-2-6-15(21)7-3-12)18(25-9-13)29-11-20(22,23)24/h2-3,6-9,14,28H,4-5,10-11H2,1H3,(H,26,27). The first-order valence-electron chi connectivity index (χ1n) is 9.01. The van der Waals surface area contributed by atoms with Crippen molar-refractivity contribution in [3.05, 3.63) is 47.1 Å². The molecule has 1 aliphatic carbocycles. The minimum Gasteiger partial charge on any atom is -0.468 e. The number of rotatable bonds is 7. The number of halogens is 4. The molecule has 1 amide bonds. The molecule has 5 nitrogen and oxygen atoms in total. The Bertz CT molecular complexity index is 882. The molecule has 3 rings (SSSR count). The lowest BCUT2D eigenvalue weighted by Crippen LogP contribution is -2.42. The van der Waals surface area contributed by atoms with Gasteiger partial charge in [0.15, 0.2) is 6.61 Å². The zero-order chi connectivity index (χ0) is 21.2. The van der Waals surface area contributed by atoms with Crippen LogP contribution in [0.2, 0.25) is 5.02 Å². The van der Waals surface area contributed by atoms with Crippen LogP contribution in [0.15, 0.2) is 36.5 Å². The van der Waals surface area contributed by atoms with E-state index in [9.17, 15) is 23.1 Å². The topological polar surface area (TPSA) is 71.5 Å². The monoisotopic (exact) mass is 428 g/mol. The van der Waals surface area contributed by atoms with Crippen molar-refractivity contribution < 1.29 is 27.8 Å². The molecular weight excluding hydrogens is 409 g/mol. The van der Waals surface area contributed by atoms with E-state index in [0.717, 1.165) is 19.0 Å². The van der Waals surface area contributed by atoms with Gasteiger partial charge in [0.25, 0.3) is 5.91 Å². The van der Waals surface area contributed by atoms with Crippen molar-refractivity contribution in [2.75, 3.05) is 13.2 Å². The molecule has 0 aliphatic heterocycles. The van der Waals surface area contributed by atoms with E-state index in [-0.39, 0.29) is 29.5 Å². The normalized spacial score (nSPS) is 16.2. The Hall–Kier alpha value is -2.32. The molecule has 2 aromatic rings. The Labute approximate surface area is 170 Å². The molecule has 0 saturated heterocycles. The number of pyridine rings is 1. The molecule has 156 valence electrons. The Morgan fingerprint density at radius 2 is 1.97 bits per heavy atom. The van der Waals surface area contributed by atoms with Crippen molar-refractivity contribution in [3.63, 3.8) is 0 Å². The van der Waals surface area contributed by atoms with Crippen LogP contribution in [-0.2, 0) is 0 Å². The minimum absolute atomic E-state index is 0.0686. The largest absolute Gasteiger partial charge is 0.468 e. The molecule has 0 bridgehead atoms. The number of aromatic nitrogens is 1. The van der Waals surface area contributed by atoms with Gasteiger partial charge in [-0.25, -0.2) is 4.98 Å². The zero-order valence-corrected chi connectivity index (χ0v) is 16.3. The van der Waals surface area contributed by atoms with E-state index in [4.69, 9.17) is 16.3 Å². The number of benzene rings is 1. The highest BCUT2D eigenvalue weighted by molar-refractivity contribution is 6.30. The third-order valence-corrected chi connectivity index (χ3v) is 4.96. The van der Waals surface area contributed by atoms with Crippen LogP contribution in [0.4, 0.5) is 13.2 Å². The second kappa shape index (κ2) is 8.20. The van der Waals surface area contributed by atoms with Crippen LogP contribution in [0.3, 0.4) is 0 Å². The Morgan fingerprint density at radius 3 is 2.55 bits per heavy atom. The van der Waals surface area contributed by atoms with E-state index in [2.05, 4.69) is 10.3 Å². The third kappa shape index (κ3) is 5.83. The lowest BCUT2D eigenvalue weighted by atomic mass is 10.0. The number of carbonyl (C=O) groups is 1. The van der Waals surface area contributed by atoms with Crippen LogP contribution in [0, 0.1) is 5.92 Å². The van der Waals surface area contributed by atoms with Crippen molar-refractivity contribution in [1.29, 1.82) is 0 Å². The molecule has 1 aliphatic rings. The third-order valence-electron chi connectivity index (χ3n) is 4.70. The van der Waals surface area contributed by atoms with Crippen LogP contribution in [0.1, 0.15) is 30.1 Å². The first-order chi connectivity index (χ1) is 13.5. The molecule has 1 fully saturated rings. The maximum atomic E-state index is 12.6. The van der Waals surface area contributed by atoms with E-state index in [1.165, 1.54) is 6.07 Å². The van der Waals surface area contributed by atoms with E-state index in [1.54, 1.807) is 31.2 Å². The van der Waals surface area contributed by atoms with Gasteiger partial charge in [-0.15, -0.1) is 0 Å². The number of alkyl halides is 3. The smallest absolute Gasteiger partial charge is 0.422 e. The summed E-state index contributed by atoms with van der Waals surface area (Å²) in [5.41, 5.74) is -0.134. The van der Waals surface area contributed by atoms with Crippen LogP contribution in [-0.4, -0.2) is 40.9 Å². The van der Waals surface area contributed by atoms with E-state index in [1.807, 2.05) is 0 Å². The Balaban J connectivity index is 1.83. The quantitative estimate of drug-likeness (QED) is 0.692. The van der Waals surface area contributed by atoms with Gasteiger partial charge in [0, 0.05) is 23.3 Å². The molecule has 2 N–H and O–H groups in total. The summed E-state index contributed by atoms with van der Waals surface area (Å²) < 4.78 is 42.5. The van der Waals surface area contributed by atoms with Crippen molar-refractivity contribution in [2.24, 2.45) is 5.92 Å². The lowest BCUT2D eigenvalue weighted by molar-refractivity contribution is -0.154. The summed E-state index contributed by atoms with van der Waals surface area (Å²) in [5.74, 6) is -0.578. The van der Waals surface area contributed by atoms with Gasteiger partial charge in [0.05, 0.1) is 11.2 Å². The van der Waals surface area contributed by atoms with Gasteiger partial charge >= 0.3 is 6.18 Å². The Morgan fingerprint density at radius 1 is 1.31 bits per heavy atom. The number of nitrogens with zero attached hydrogens (tertiary/aromatic N) is 1. The fraction of sp³-hybridized carbons (Fsp3) is 0.400. The second-order valence-corrected chi connectivity index (χ2v) is 7.74. The highest BCUT2D eigenvalue weighted by Crippen LogP contribution is 2.39. The highest BCUT2D eigenvalue weighted by Gasteiger charge is 2.40. The minimum atomic E-state index is -4.52. The van der Waals surface area contributed by atoms with E-state index in [0.29, 0.717) is 10.6 Å².